The Labute approximate surface area is 196 Å². The Hall–Kier alpha value is -3.79. The molecule has 1 unspecified atom stereocenters. The fourth-order valence-electron chi connectivity index (χ4n) is 3.69. The summed E-state index contributed by atoms with van der Waals surface area (Å²) in [6.45, 7) is 0.178. The smallest absolute Gasteiger partial charge is 0.227 e. The molecule has 0 radical (unpaired) electrons. The second-order valence-electron chi connectivity index (χ2n) is 7.84. The monoisotopic (exact) mass is 483 g/mol. The zero-order valence-corrected chi connectivity index (χ0v) is 19.1. The first kappa shape index (κ1) is 23.4. The lowest BCUT2D eigenvalue weighted by atomic mass is 10.1. The summed E-state index contributed by atoms with van der Waals surface area (Å²) in [7, 11) is -1.88. The van der Waals surface area contributed by atoms with Crippen molar-refractivity contribution in [2.75, 3.05) is 12.9 Å². The third-order valence-electron chi connectivity index (χ3n) is 5.41. The van der Waals surface area contributed by atoms with E-state index in [-0.39, 0.29) is 30.4 Å². The van der Waals surface area contributed by atoms with Gasteiger partial charge in [-0.1, -0.05) is 6.07 Å². The summed E-state index contributed by atoms with van der Waals surface area (Å²) in [6.07, 6.45) is 4.58. The summed E-state index contributed by atoms with van der Waals surface area (Å²) in [6, 6.07) is 9.81. The van der Waals surface area contributed by atoms with Gasteiger partial charge in [-0.2, -0.15) is 0 Å². The SMILES string of the molecule is COc1cc(CN(C(=O)Cc2ccc(-c3ccc(F)cc3O)nc2)C2C=CS(=O)(=O)C2)ccn1. The van der Waals surface area contributed by atoms with Crippen LogP contribution in [0.3, 0.4) is 0 Å². The number of amides is 1. The van der Waals surface area contributed by atoms with Crippen molar-refractivity contribution in [2.24, 2.45) is 0 Å². The number of aromatic nitrogens is 2. The van der Waals surface area contributed by atoms with Crippen molar-refractivity contribution in [2.45, 2.75) is 19.0 Å². The van der Waals surface area contributed by atoms with Gasteiger partial charge in [-0.25, -0.2) is 17.8 Å². The maximum absolute atomic E-state index is 13.3. The number of carbonyl (C=O) groups is 1. The van der Waals surface area contributed by atoms with Crippen LogP contribution in [0.4, 0.5) is 4.39 Å². The molecule has 0 fully saturated rings. The number of phenolic OH excluding ortho intramolecular Hbond substituents is 1. The van der Waals surface area contributed by atoms with Crippen LogP contribution in [0.1, 0.15) is 11.1 Å². The molecule has 4 rings (SSSR count). The lowest BCUT2D eigenvalue weighted by Crippen LogP contribution is -2.41. The molecule has 3 aromatic rings. The first-order valence-corrected chi connectivity index (χ1v) is 12.1. The van der Waals surface area contributed by atoms with Gasteiger partial charge in [-0.3, -0.25) is 9.78 Å². The molecule has 0 spiro atoms. The van der Waals surface area contributed by atoms with Crippen LogP contribution in [-0.4, -0.2) is 53.2 Å². The van der Waals surface area contributed by atoms with E-state index >= 15 is 0 Å². The molecule has 10 heteroatoms. The molecule has 0 aliphatic carbocycles. The number of ether oxygens (including phenoxy) is 1. The van der Waals surface area contributed by atoms with Gasteiger partial charge in [0, 0.05) is 42.0 Å². The van der Waals surface area contributed by atoms with Crippen molar-refractivity contribution in [3.63, 3.8) is 0 Å². The van der Waals surface area contributed by atoms with Gasteiger partial charge in [0.2, 0.25) is 11.8 Å². The predicted octanol–water partition coefficient (Wildman–Crippen LogP) is 2.88. The Morgan fingerprint density at radius 3 is 2.65 bits per heavy atom. The van der Waals surface area contributed by atoms with Crippen LogP contribution in [0.2, 0.25) is 0 Å². The average Bonchev–Trinajstić information content (AvgIpc) is 3.17. The third-order valence-corrected chi connectivity index (χ3v) is 6.79. The Morgan fingerprint density at radius 1 is 1.18 bits per heavy atom. The standard InChI is InChI=1S/C24H22FN3O5S/c1-33-23-10-17(6-8-26-23)14-28(19-7-9-34(31,32)15-19)24(30)11-16-2-5-21(27-13-16)20-4-3-18(25)12-22(20)29/h2-10,12-13,19,29H,11,14-15H2,1H3. The van der Waals surface area contributed by atoms with Crippen LogP contribution in [0.15, 0.2) is 66.3 Å². The molecular formula is C24H22FN3O5S. The molecule has 1 amide bonds. The second-order valence-corrected chi connectivity index (χ2v) is 9.77. The number of hydrogen-bond acceptors (Lipinski definition) is 7. The highest BCUT2D eigenvalue weighted by Gasteiger charge is 2.30. The van der Waals surface area contributed by atoms with Gasteiger partial charge in [0.05, 0.1) is 31.0 Å². The van der Waals surface area contributed by atoms with Gasteiger partial charge in [-0.15, -0.1) is 0 Å². The lowest BCUT2D eigenvalue weighted by Gasteiger charge is -2.28. The molecule has 1 atom stereocenters. The minimum atomic E-state index is -3.37. The van der Waals surface area contributed by atoms with Crippen molar-refractivity contribution in [1.29, 1.82) is 0 Å². The van der Waals surface area contributed by atoms with Gasteiger partial charge in [0.1, 0.15) is 11.6 Å². The van der Waals surface area contributed by atoms with Crippen LogP contribution < -0.4 is 4.74 Å². The number of nitrogens with zero attached hydrogens (tertiary/aromatic N) is 3. The number of hydrogen-bond donors (Lipinski definition) is 1. The zero-order chi connectivity index (χ0) is 24.3. The number of methoxy groups -OCH3 is 1. The van der Waals surface area contributed by atoms with Crippen LogP contribution in [0, 0.1) is 5.82 Å². The Kier molecular flexibility index (Phi) is 6.60. The minimum Gasteiger partial charge on any atom is -0.507 e. The van der Waals surface area contributed by atoms with Crippen molar-refractivity contribution in [3.05, 3.63) is 83.3 Å². The fraction of sp³-hybridized carbons (Fsp3) is 0.208. The number of benzene rings is 1. The van der Waals surface area contributed by atoms with Gasteiger partial charge >= 0.3 is 0 Å². The first-order chi connectivity index (χ1) is 16.2. The zero-order valence-electron chi connectivity index (χ0n) is 18.3. The van der Waals surface area contributed by atoms with E-state index in [1.165, 1.54) is 36.4 Å². The van der Waals surface area contributed by atoms with Crippen molar-refractivity contribution in [1.82, 2.24) is 14.9 Å². The van der Waals surface area contributed by atoms with Crippen molar-refractivity contribution in [3.8, 4) is 22.9 Å². The molecule has 0 saturated carbocycles. The fourth-order valence-corrected chi connectivity index (χ4v) is 4.99. The Bertz CT molecular complexity index is 1340. The topological polar surface area (TPSA) is 110 Å². The van der Waals surface area contributed by atoms with Gasteiger partial charge in [-0.05, 0) is 41.5 Å². The van der Waals surface area contributed by atoms with Crippen LogP contribution in [-0.2, 0) is 27.6 Å². The van der Waals surface area contributed by atoms with E-state index in [0.717, 1.165) is 17.0 Å². The molecule has 8 nitrogen and oxygen atoms in total. The molecule has 176 valence electrons. The molecule has 1 aliphatic rings. The van der Waals surface area contributed by atoms with E-state index in [1.807, 2.05) is 0 Å². The van der Waals surface area contributed by atoms with E-state index in [2.05, 4.69) is 9.97 Å². The third kappa shape index (κ3) is 5.40. The van der Waals surface area contributed by atoms with Gasteiger partial charge in [0.15, 0.2) is 9.84 Å². The average molecular weight is 484 g/mol. The first-order valence-electron chi connectivity index (χ1n) is 10.4. The summed E-state index contributed by atoms with van der Waals surface area (Å²) in [5, 5.41) is 11.1. The second kappa shape index (κ2) is 9.60. The summed E-state index contributed by atoms with van der Waals surface area (Å²) in [5.74, 6) is -0.852. The summed E-state index contributed by atoms with van der Waals surface area (Å²) < 4.78 is 42.4. The number of rotatable bonds is 7. The van der Waals surface area contributed by atoms with E-state index in [9.17, 15) is 22.7 Å². The number of pyridine rings is 2. The minimum absolute atomic E-state index is 0.00468. The van der Waals surface area contributed by atoms with Gasteiger partial charge < -0.3 is 14.7 Å². The quantitative estimate of drug-likeness (QED) is 0.550. The number of halogens is 1. The van der Waals surface area contributed by atoms with E-state index in [4.69, 9.17) is 4.74 Å². The number of sulfone groups is 1. The molecule has 1 aromatic carbocycles. The van der Waals surface area contributed by atoms with E-state index in [0.29, 0.717) is 22.7 Å². The highest BCUT2D eigenvalue weighted by Crippen LogP contribution is 2.28. The number of phenols is 1. The summed E-state index contributed by atoms with van der Waals surface area (Å²) >= 11 is 0. The lowest BCUT2D eigenvalue weighted by molar-refractivity contribution is -0.132. The molecular weight excluding hydrogens is 461 g/mol. The Morgan fingerprint density at radius 2 is 2.00 bits per heavy atom. The highest BCUT2D eigenvalue weighted by molar-refractivity contribution is 7.94. The van der Waals surface area contributed by atoms with Gasteiger partial charge in [0.25, 0.3) is 0 Å². The molecule has 3 heterocycles. The summed E-state index contributed by atoms with van der Waals surface area (Å²) in [5.41, 5.74) is 2.16. The Balaban J connectivity index is 1.54. The molecule has 0 saturated heterocycles. The number of aromatic hydroxyl groups is 1. The predicted molar refractivity (Wildman–Crippen MR) is 123 cm³/mol. The van der Waals surface area contributed by atoms with E-state index < -0.39 is 21.7 Å². The van der Waals surface area contributed by atoms with Crippen LogP contribution >= 0.6 is 0 Å². The maximum Gasteiger partial charge on any atom is 0.227 e. The highest BCUT2D eigenvalue weighted by atomic mass is 32.2. The molecule has 0 bridgehead atoms. The van der Waals surface area contributed by atoms with E-state index in [1.54, 1.807) is 30.5 Å². The van der Waals surface area contributed by atoms with Crippen LogP contribution in [0.5, 0.6) is 11.6 Å². The largest absolute Gasteiger partial charge is 0.507 e. The summed E-state index contributed by atoms with van der Waals surface area (Å²) in [4.78, 5) is 23.1. The molecule has 2 aromatic heterocycles. The molecule has 34 heavy (non-hydrogen) atoms. The maximum atomic E-state index is 13.3. The normalized spacial score (nSPS) is 16.4. The molecule has 1 aliphatic heterocycles. The number of carbonyl (C=O) groups excluding carboxylic acids is 1. The molecule has 1 N–H and O–H groups in total. The van der Waals surface area contributed by atoms with Crippen molar-refractivity contribution < 1.29 is 27.4 Å². The van der Waals surface area contributed by atoms with Crippen molar-refractivity contribution >= 4 is 15.7 Å². The van der Waals surface area contributed by atoms with Crippen LogP contribution in [0.25, 0.3) is 11.3 Å².